The van der Waals surface area contributed by atoms with E-state index in [0.717, 1.165) is 89.9 Å². The molecule has 0 saturated heterocycles. The molecular weight excluding hydrogens is 739 g/mol. The van der Waals surface area contributed by atoms with Gasteiger partial charge in [-0.1, -0.05) is 157 Å². The summed E-state index contributed by atoms with van der Waals surface area (Å²) in [6.07, 6.45) is 52.1. The van der Waals surface area contributed by atoms with Gasteiger partial charge in [0, 0.05) is 19.3 Å². The van der Waals surface area contributed by atoms with Crippen molar-refractivity contribution < 1.29 is 38.2 Å². The number of unbranched alkanes of at least 4 members (excludes halogenated alkanes) is 16. The Balaban J connectivity index is 4.39. The molecule has 0 saturated carbocycles. The van der Waals surface area contributed by atoms with Gasteiger partial charge in [0.05, 0.1) is 40.3 Å². The number of likely N-dealkylation sites (N-methyl/N-ethyl adjacent to an activating group) is 1. The zero-order chi connectivity index (χ0) is 43.5. The molecule has 59 heavy (non-hydrogen) atoms. The van der Waals surface area contributed by atoms with Crippen molar-refractivity contribution in [2.24, 2.45) is 0 Å². The molecule has 0 heterocycles. The maximum absolute atomic E-state index is 12.7. The third-order valence-corrected chi connectivity index (χ3v) is 10.1. The molecule has 0 aromatic rings. The van der Waals surface area contributed by atoms with E-state index in [-0.39, 0.29) is 49.1 Å². The van der Waals surface area contributed by atoms with Gasteiger partial charge in [-0.2, -0.15) is 0 Å². The summed E-state index contributed by atoms with van der Waals surface area (Å²) in [6, 6.07) is -0.736. The van der Waals surface area contributed by atoms with E-state index in [1.807, 2.05) is 0 Å². The SMILES string of the molecule is CC/C=C/C/C=C/C/C=C/C/C=C/CCCCCCCCC(=O)OCC(COCCC(C(=O)[O-])[N+](C)(C)C)OC(=O)CCCCC/C=C/C=C/CCCCCCCCC. The number of esters is 2. The summed E-state index contributed by atoms with van der Waals surface area (Å²) < 4.78 is 17.2. The summed E-state index contributed by atoms with van der Waals surface area (Å²) in [5.74, 6) is -1.79. The molecule has 8 heteroatoms. The van der Waals surface area contributed by atoms with Gasteiger partial charge in [0.25, 0.3) is 0 Å². The number of carboxylic acids is 1. The molecule has 338 valence electrons. The fourth-order valence-electron chi connectivity index (χ4n) is 6.46. The number of allylic oxidation sites excluding steroid dienone is 12. The second kappa shape index (κ2) is 41.5. The van der Waals surface area contributed by atoms with Crippen LogP contribution in [0.5, 0.6) is 0 Å². The van der Waals surface area contributed by atoms with Crippen LogP contribution in [-0.2, 0) is 28.6 Å². The van der Waals surface area contributed by atoms with E-state index in [2.05, 4.69) is 86.8 Å². The van der Waals surface area contributed by atoms with Crippen molar-refractivity contribution in [3.05, 3.63) is 72.9 Å². The maximum Gasteiger partial charge on any atom is 0.306 e. The third-order valence-electron chi connectivity index (χ3n) is 10.1. The van der Waals surface area contributed by atoms with Crippen LogP contribution >= 0.6 is 0 Å². The lowest BCUT2D eigenvalue weighted by Crippen LogP contribution is -2.55. The van der Waals surface area contributed by atoms with Crippen LogP contribution in [0, 0.1) is 0 Å². The van der Waals surface area contributed by atoms with E-state index >= 15 is 0 Å². The fraction of sp³-hybridized carbons (Fsp3) is 0.706. The zero-order valence-corrected chi connectivity index (χ0v) is 38.4. The summed E-state index contributed by atoms with van der Waals surface area (Å²) in [4.78, 5) is 36.9. The molecule has 0 aromatic carbocycles. The van der Waals surface area contributed by atoms with Gasteiger partial charge in [-0.3, -0.25) is 9.59 Å². The highest BCUT2D eigenvalue weighted by atomic mass is 16.6. The molecule has 2 unspecified atom stereocenters. The highest BCUT2D eigenvalue weighted by molar-refractivity contribution is 5.70. The lowest BCUT2D eigenvalue weighted by Gasteiger charge is -2.34. The van der Waals surface area contributed by atoms with Crippen LogP contribution in [0.2, 0.25) is 0 Å². The monoisotopic (exact) mass is 826 g/mol. The Labute approximate surface area is 361 Å². The quantitative estimate of drug-likeness (QED) is 0.0199. The number of hydrogen-bond acceptors (Lipinski definition) is 7. The van der Waals surface area contributed by atoms with Crippen LogP contribution in [-0.4, -0.2) is 75.5 Å². The lowest BCUT2D eigenvalue weighted by atomic mass is 10.1. The van der Waals surface area contributed by atoms with Crippen molar-refractivity contribution in [2.45, 2.75) is 193 Å². The molecule has 2 atom stereocenters. The van der Waals surface area contributed by atoms with E-state index in [9.17, 15) is 19.5 Å². The predicted octanol–water partition coefficient (Wildman–Crippen LogP) is 11.8. The highest BCUT2D eigenvalue weighted by Gasteiger charge is 2.25. The summed E-state index contributed by atoms with van der Waals surface area (Å²) in [6.45, 7) is 4.49. The first kappa shape index (κ1) is 55.8. The van der Waals surface area contributed by atoms with E-state index < -0.39 is 18.1 Å². The Hall–Kier alpha value is -3.23. The molecule has 0 radical (unpaired) electrons. The van der Waals surface area contributed by atoms with E-state index in [0.29, 0.717) is 6.42 Å². The van der Waals surface area contributed by atoms with Crippen molar-refractivity contribution >= 4 is 17.9 Å². The number of carbonyl (C=O) groups excluding carboxylic acids is 3. The standard InChI is InChI=1S/C51H87NO7/c1-6-8-10-12-14-16-18-20-22-24-25-26-28-29-31-33-35-37-39-41-49(53)58-46-47(45-57-44-43-48(51(55)56)52(3,4)5)59-50(54)42-40-38-36-34-32-30-27-23-21-19-17-15-13-11-9-7-2/h8,10,14,16,20,22-23,25-27,30,32,47-48H,6-7,9,11-13,15,17-19,21,24,28-29,31,33-46H2,1-5H3/b10-8+,16-14+,22-20+,26-25+,27-23+,32-30+. The van der Waals surface area contributed by atoms with Crippen LogP contribution in [0.15, 0.2) is 72.9 Å². The normalized spacial score (nSPS) is 13.6. The summed E-state index contributed by atoms with van der Waals surface area (Å²) >= 11 is 0. The van der Waals surface area contributed by atoms with E-state index in [1.165, 1.54) is 57.8 Å². The number of rotatable bonds is 41. The highest BCUT2D eigenvalue weighted by Crippen LogP contribution is 2.13. The Morgan fingerprint density at radius 2 is 1.00 bits per heavy atom. The number of hydrogen-bond donors (Lipinski definition) is 0. The van der Waals surface area contributed by atoms with Crippen molar-refractivity contribution in [1.82, 2.24) is 0 Å². The molecule has 0 bridgehead atoms. The minimum atomic E-state index is -1.13. The number of aliphatic carboxylic acids is 1. The minimum absolute atomic E-state index is 0.0219. The van der Waals surface area contributed by atoms with Gasteiger partial charge in [-0.25, -0.2) is 0 Å². The smallest absolute Gasteiger partial charge is 0.306 e. The van der Waals surface area contributed by atoms with Gasteiger partial charge in [0.1, 0.15) is 12.6 Å². The molecule has 0 amide bonds. The number of nitrogens with zero attached hydrogens (tertiary/aromatic N) is 1. The molecule has 0 N–H and O–H groups in total. The summed E-state index contributed by atoms with van der Waals surface area (Å²) in [5.41, 5.74) is 0. The average Bonchev–Trinajstić information content (AvgIpc) is 3.19. The second-order valence-corrected chi connectivity index (χ2v) is 16.6. The van der Waals surface area contributed by atoms with E-state index in [1.54, 1.807) is 21.1 Å². The van der Waals surface area contributed by atoms with Crippen LogP contribution in [0.1, 0.15) is 181 Å². The Kier molecular flexibility index (Phi) is 39.2. The van der Waals surface area contributed by atoms with Crippen molar-refractivity contribution in [1.29, 1.82) is 0 Å². The van der Waals surface area contributed by atoms with Gasteiger partial charge >= 0.3 is 11.9 Å². The van der Waals surface area contributed by atoms with Gasteiger partial charge in [-0.15, -0.1) is 0 Å². The second-order valence-electron chi connectivity index (χ2n) is 16.6. The molecule has 0 rings (SSSR count). The molecule has 0 aliphatic rings. The zero-order valence-electron chi connectivity index (χ0n) is 38.4. The number of quaternary nitrogens is 1. The molecule has 0 aliphatic carbocycles. The van der Waals surface area contributed by atoms with Crippen molar-refractivity contribution in [3.63, 3.8) is 0 Å². The number of carbonyl (C=O) groups is 3. The summed E-state index contributed by atoms with van der Waals surface area (Å²) in [7, 11) is 5.39. The topological polar surface area (TPSA) is 102 Å². The Morgan fingerprint density at radius 1 is 0.542 bits per heavy atom. The molecule has 0 aromatic heterocycles. The molecule has 0 aliphatic heterocycles. The van der Waals surface area contributed by atoms with Crippen LogP contribution < -0.4 is 5.11 Å². The van der Waals surface area contributed by atoms with Crippen LogP contribution in [0.25, 0.3) is 0 Å². The number of ether oxygens (including phenoxy) is 3. The van der Waals surface area contributed by atoms with Crippen LogP contribution in [0.3, 0.4) is 0 Å². The lowest BCUT2D eigenvalue weighted by molar-refractivity contribution is -0.889. The molecular formula is C51H87NO7. The average molecular weight is 826 g/mol. The largest absolute Gasteiger partial charge is 0.544 e. The molecule has 0 spiro atoms. The first-order valence-corrected chi connectivity index (χ1v) is 23.5. The molecule has 0 fully saturated rings. The first-order valence-electron chi connectivity index (χ1n) is 23.5. The summed E-state index contributed by atoms with van der Waals surface area (Å²) in [5, 5.41) is 11.6. The van der Waals surface area contributed by atoms with E-state index in [4.69, 9.17) is 14.2 Å². The maximum atomic E-state index is 12.7. The Morgan fingerprint density at radius 3 is 1.53 bits per heavy atom. The predicted molar refractivity (Wildman–Crippen MR) is 245 cm³/mol. The third kappa shape index (κ3) is 40.0. The first-order chi connectivity index (χ1) is 28.6. The van der Waals surface area contributed by atoms with Gasteiger partial charge in [0.2, 0.25) is 0 Å². The Bertz CT molecular complexity index is 1190. The van der Waals surface area contributed by atoms with Crippen molar-refractivity contribution in [3.8, 4) is 0 Å². The van der Waals surface area contributed by atoms with Gasteiger partial charge < -0.3 is 28.6 Å². The fourth-order valence-corrected chi connectivity index (χ4v) is 6.46. The molecule has 8 nitrogen and oxygen atoms in total. The number of carboxylic acid groups (broad SMARTS) is 1. The van der Waals surface area contributed by atoms with Crippen molar-refractivity contribution in [2.75, 3.05) is 41.0 Å². The van der Waals surface area contributed by atoms with Gasteiger partial charge in [-0.05, 0) is 77.0 Å². The van der Waals surface area contributed by atoms with Crippen LogP contribution in [0.4, 0.5) is 0 Å². The minimum Gasteiger partial charge on any atom is -0.544 e. The van der Waals surface area contributed by atoms with Gasteiger partial charge in [0.15, 0.2) is 6.10 Å².